The molecule has 0 aliphatic rings. The molecule has 0 aliphatic carbocycles. The number of rotatable bonds is 5. The van der Waals surface area contributed by atoms with Crippen LogP contribution >= 0.6 is 0 Å². The van der Waals surface area contributed by atoms with E-state index in [0.29, 0.717) is 11.8 Å². The first kappa shape index (κ1) is 13.5. The van der Waals surface area contributed by atoms with Crippen molar-refractivity contribution in [2.45, 2.75) is 0 Å². The molecule has 0 aromatic heterocycles. The first-order valence-corrected chi connectivity index (χ1v) is 6.02. The zero-order valence-electron chi connectivity index (χ0n) is 9.71. The molecule has 0 fully saturated rings. The quantitative estimate of drug-likeness (QED) is 0.727. The highest BCUT2D eigenvalue weighted by Gasteiger charge is 2.18. The highest BCUT2D eigenvalue weighted by Crippen LogP contribution is 2.29. The van der Waals surface area contributed by atoms with Gasteiger partial charge in [-0.15, -0.1) is 0 Å². The second-order valence-corrected chi connectivity index (χ2v) is 5.10. The molecule has 0 heterocycles. The number of methoxy groups -OCH3 is 1. The first-order chi connectivity index (χ1) is 7.90. The summed E-state index contributed by atoms with van der Waals surface area (Å²) in [7, 11) is 0.219. The maximum Gasteiger partial charge on any atom is 0.384 e. The maximum absolute atomic E-state index is 11.5. The average Bonchev–Trinajstić information content (AvgIpc) is 2.29. The summed E-state index contributed by atoms with van der Waals surface area (Å²) in [6.07, 6.45) is 0.632. The maximum atomic E-state index is 11.5. The molecular weight excluding hydrogens is 246 g/mol. The van der Waals surface area contributed by atoms with Crippen molar-refractivity contribution in [3.63, 3.8) is 0 Å². The van der Waals surface area contributed by atoms with Gasteiger partial charge in [0.2, 0.25) is 0 Å². The summed E-state index contributed by atoms with van der Waals surface area (Å²) >= 11 is 0. The summed E-state index contributed by atoms with van der Waals surface area (Å²) in [5, 5.41) is 0. The monoisotopic (exact) mass is 259 g/mol. The molecule has 1 rings (SSSR count). The number of nitrogens with zero attached hydrogens (tertiary/aromatic N) is 1. The number of benzene rings is 1. The van der Waals surface area contributed by atoms with Crippen molar-refractivity contribution in [1.82, 2.24) is 4.31 Å². The fourth-order valence-corrected chi connectivity index (χ4v) is 1.53. The van der Waals surface area contributed by atoms with Gasteiger partial charge in [-0.2, -0.15) is 12.7 Å². The van der Waals surface area contributed by atoms with E-state index in [1.54, 1.807) is 0 Å². The van der Waals surface area contributed by atoms with Crippen molar-refractivity contribution in [3.8, 4) is 11.5 Å². The van der Waals surface area contributed by atoms with Gasteiger partial charge in [-0.05, 0) is 18.2 Å². The van der Waals surface area contributed by atoms with E-state index in [4.69, 9.17) is 8.92 Å². The van der Waals surface area contributed by atoms with Gasteiger partial charge in [0, 0.05) is 19.7 Å². The highest BCUT2D eigenvalue weighted by molar-refractivity contribution is 7.84. The third kappa shape index (κ3) is 3.18. The van der Waals surface area contributed by atoms with Gasteiger partial charge in [-0.3, -0.25) is 4.79 Å². The second-order valence-electron chi connectivity index (χ2n) is 3.35. The van der Waals surface area contributed by atoms with Gasteiger partial charge >= 0.3 is 10.3 Å². The van der Waals surface area contributed by atoms with Crippen molar-refractivity contribution in [1.29, 1.82) is 0 Å². The molecule has 1 aromatic carbocycles. The zero-order valence-corrected chi connectivity index (χ0v) is 10.5. The van der Waals surface area contributed by atoms with Gasteiger partial charge in [0.15, 0.2) is 11.5 Å². The lowest BCUT2D eigenvalue weighted by molar-refractivity contribution is 0.112. The molecule has 17 heavy (non-hydrogen) atoms. The van der Waals surface area contributed by atoms with E-state index in [-0.39, 0.29) is 11.5 Å². The van der Waals surface area contributed by atoms with Crippen LogP contribution in [0.5, 0.6) is 11.5 Å². The average molecular weight is 259 g/mol. The molecular formula is C10H13NO5S. The van der Waals surface area contributed by atoms with Crippen LogP contribution in [-0.4, -0.2) is 40.2 Å². The van der Waals surface area contributed by atoms with Crippen LogP contribution in [0.4, 0.5) is 0 Å². The van der Waals surface area contributed by atoms with Crippen LogP contribution in [0.1, 0.15) is 10.4 Å². The Balaban J connectivity index is 3.11. The van der Waals surface area contributed by atoms with Crippen LogP contribution in [0, 0.1) is 0 Å². The molecule has 0 radical (unpaired) electrons. The molecule has 0 amide bonds. The second kappa shape index (κ2) is 5.15. The van der Waals surface area contributed by atoms with Crippen LogP contribution in [0.15, 0.2) is 18.2 Å². The normalized spacial score (nSPS) is 11.3. The predicted octanol–water partition coefficient (Wildman–Crippen LogP) is 0.693. The number of hydrogen-bond donors (Lipinski definition) is 0. The molecule has 0 N–H and O–H groups in total. The summed E-state index contributed by atoms with van der Waals surface area (Å²) in [5.41, 5.74) is 0.372. The Kier molecular flexibility index (Phi) is 4.08. The van der Waals surface area contributed by atoms with Crippen LogP contribution in [0.25, 0.3) is 0 Å². The van der Waals surface area contributed by atoms with Gasteiger partial charge in [0.25, 0.3) is 0 Å². The van der Waals surface area contributed by atoms with Gasteiger partial charge < -0.3 is 8.92 Å². The molecule has 0 saturated heterocycles. The number of carbonyl (C=O) groups excluding carboxylic acids is 1. The lowest BCUT2D eigenvalue weighted by Gasteiger charge is -2.14. The van der Waals surface area contributed by atoms with Crippen LogP contribution in [0.3, 0.4) is 0 Å². The van der Waals surface area contributed by atoms with E-state index in [1.165, 1.54) is 39.4 Å². The summed E-state index contributed by atoms with van der Waals surface area (Å²) in [6.45, 7) is 0. The molecule has 0 aliphatic heterocycles. The lowest BCUT2D eigenvalue weighted by Crippen LogP contribution is -2.27. The van der Waals surface area contributed by atoms with Crippen molar-refractivity contribution in [2.75, 3.05) is 21.2 Å². The number of aldehydes is 1. The third-order valence-corrected chi connectivity index (χ3v) is 3.25. The van der Waals surface area contributed by atoms with E-state index in [9.17, 15) is 13.2 Å². The topological polar surface area (TPSA) is 72.9 Å². The number of ether oxygens (including phenoxy) is 1. The Hall–Kier alpha value is -1.60. The number of carbonyl (C=O) groups is 1. The highest BCUT2D eigenvalue weighted by atomic mass is 32.2. The van der Waals surface area contributed by atoms with Crippen molar-refractivity contribution in [2.24, 2.45) is 0 Å². The van der Waals surface area contributed by atoms with Crippen LogP contribution < -0.4 is 8.92 Å². The molecule has 1 aromatic rings. The molecule has 0 bridgehead atoms. The fraction of sp³-hybridized carbons (Fsp3) is 0.300. The standard InChI is InChI=1S/C10H13NO5S/c1-11(2)17(13,14)16-9-5-4-8(7-12)6-10(9)15-3/h4-7H,1-3H3. The molecule has 0 saturated carbocycles. The smallest absolute Gasteiger partial charge is 0.384 e. The van der Waals surface area contributed by atoms with Gasteiger partial charge in [0.05, 0.1) is 7.11 Å². The summed E-state index contributed by atoms with van der Waals surface area (Å²) in [5.74, 6) is 0.215. The Labute approximate surface area is 100 Å². The molecule has 7 heteroatoms. The Morgan fingerprint density at radius 2 is 1.88 bits per heavy atom. The summed E-state index contributed by atoms with van der Waals surface area (Å²) in [6, 6.07) is 4.20. The van der Waals surface area contributed by atoms with E-state index < -0.39 is 10.3 Å². The fourth-order valence-electron chi connectivity index (χ4n) is 1.01. The lowest BCUT2D eigenvalue weighted by atomic mass is 10.2. The van der Waals surface area contributed by atoms with E-state index in [2.05, 4.69) is 0 Å². The SMILES string of the molecule is COc1cc(C=O)ccc1OS(=O)(=O)N(C)C. The Morgan fingerprint density at radius 1 is 1.24 bits per heavy atom. The summed E-state index contributed by atoms with van der Waals surface area (Å²) in [4.78, 5) is 10.6. The molecule has 6 nitrogen and oxygen atoms in total. The Morgan fingerprint density at radius 3 is 2.35 bits per heavy atom. The van der Waals surface area contributed by atoms with Crippen molar-refractivity contribution >= 4 is 16.6 Å². The van der Waals surface area contributed by atoms with E-state index in [1.807, 2.05) is 0 Å². The minimum Gasteiger partial charge on any atom is -0.493 e. The van der Waals surface area contributed by atoms with Gasteiger partial charge in [0.1, 0.15) is 6.29 Å². The van der Waals surface area contributed by atoms with Crippen LogP contribution in [0.2, 0.25) is 0 Å². The number of hydrogen-bond acceptors (Lipinski definition) is 5. The minimum absolute atomic E-state index is 0.0341. The molecule has 94 valence electrons. The van der Waals surface area contributed by atoms with E-state index in [0.717, 1.165) is 4.31 Å². The zero-order chi connectivity index (χ0) is 13.1. The minimum atomic E-state index is -3.84. The molecule has 0 atom stereocenters. The van der Waals surface area contributed by atoms with E-state index >= 15 is 0 Å². The van der Waals surface area contributed by atoms with Crippen molar-refractivity contribution < 1.29 is 22.1 Å². The van der Waals surface area contributed by atoms with Gasteiger partial charge in [-0.25, -0.2) is 0 Å². The van der Waals surface area contributed by atoms with Crippen LogP contribution in [-0.2, 0) is 10.3 Å². The largest absolute Gasteiger partial charge is 0.493 e. The molecule has 0 spiro atoms. The predicted molar refractivity (Wildman–Crippen MR) is 61.6 cm³/mol. The Bertz CT molecular complexity index is 509. The third-order valence-electron chi connectivity index (χ3n) is 1.97. The first-order valence-electron chi connectivity index (χ1n) is 4.66. The van der Waals surface area contributed by atoms with Crippen molar-refractivity contribution in [3.05, 3.63) is 23.8 Å². The molecule has 0 unspecified atom stereocenters. The van der Waals surface area contributed by atoms with Gasteiger partial charge in [-0.1, -0.05) is 0 Å². The summed E-state index contributed by atoms with van der Waals surface area (Å²) < 4.78 is 33.7.